The predicted octanol–water partition coefficient (Wildman–Crippen LogP) is 1.40. The average molecular weight is 268 g/mol. The van der Waals surface area contributed by atoms with Crippen molar-refractivity contribution in [2.75, 3.05) is 57.3 Å². The van der Waals surface area contributed by atoms with E-state index in [1.807, 2.05) is 6.92 Å². The van der Waals surface area contributed by atoms with Crippen molar-refractivity contribution in [3.8, 4) is 0 Å². The smallest absolute Gasteiger partial charge is 0.149 e. The first kappa shape index (κ1) is 15.7. The number of hydrogen-bond acceptors (Lipinski definition) is 6. The number of anilines is 2. The molecule has 0 atom stereocenters. The molecule has 1 rings (SSSR count). The van der Waals surface area contributed by atoms with E-state index < -0.39 is 0 Å². The van der Waals surface area contributed by atoms with Crippen molar-refractivity contribution in [1.29, 1.82) is 0 Å². The minimum absolute atomic E-state index is 0.667. The van der Waals surface area contributed by atoms with E-state index in [-0.39, 0.29) is 0 Å². The van der Waals surface area contributed by atoms with Crippen LogP contribution in [0, 0.1) is 0 Å². The largest absolute Gasteiger partial charge is 0.385 e. The molecule has 0 radical (unpaired) electrons. The van der Waals surface area contributed by atoms with Crippen molar-refractivity contribution < 1.29 is 9.47 Å². The molecule has 0 aliphatic rings. The Bertz CT molecular complexity index is 349. The topological polar surface area (TPSA) is 59.5 Å². The van der Waals surface area contributed by atoms with Gasteiger partial charge in [-0.1, -0.05) is 0 Å². The Morgan fingerprint density at radius 1 is 1.16 bits per heavy atom. The van der Waals surface area contributed by atoms with E-state index in [0.717, 1.165) is 44.3 Å². The average Bonchev–Trinajstić information content (AvgIpc) is 2.43. The van der Waals surface area contributed by atoms with E-state index >= 15 is 0 Å². The summed E-state index contributed by atoms with van der Waals surface area (Å²) in [7, 11) is 3.42. The molecular weight excluding hydrogens is 244 g/mol. The second-order valence-corrected chi connectivity index (χ2v) is 4.12. The third-order valence-electron chi connectivity index (χ3n) is 2.65. The molecule has 0 aliphatic heterocycles. The standard InChI is InChI=1S/C13H24N4O2/c1-4-15-12-10-14-11-13(16-12)17(7-9-19-3)6-5-8-18-2/h10-11H,4-9H2,1-3H3,(H,15,16). The molecule has 1 aromatic rings. The van der Waals surface area contributed by atoms with Gasteiger partial charge in [-0.25, -0.2) is 4.98 Å². The molecule has 0 amide bonds. The highest BCUT2D eigenvalue weighted by Gasteiger charge is 2.08. The highest BCUT2D eigenvalue weighted by molar-refractivity contribution is 5.43. The Balaban J connectivity index is 2.68. The molecule has 1 heterocycles. The molecule has 0 fully saturated rings. The Morgan fingerprint density at radius 3 is 2.63 bits per heavy atom. The maximum absolute atomic E-state index is 5.14. The van der Waals surface area contributed by atoms with Crippen LogP contribution in [0.5, 0.6) is 0 Å². The number of ether oxygens (including phenoxy) is 2. The van der Waals surface area contributed by atoms with Crippen molar-refractivity contribution in [2.45, 2.75) is 13.3 Å². The van der Waals surface area contributed by atoms with Gasteiger partial charge in [0.25, 0.3) is 0 Å². The molecule has 0 aliphatic carbocycles. The van der Waals surface area contributed by atoms with Gasteiger partial charge in [-0.05, 0) is 13.3 Å². The van der Waals surface area contributed by atoms with Crippen LogP contribution in [0.4, 0.5) is 11.6 Å². The summed E-state index contributed by atoms with van der Waals surface area (Å²) >= 11 is 0. The number of nitrogens with one attached hydrogen (secondary N) is 1. The van der Waals surface area contributed by atoms with Gasteiger partial charge in [0.1, 0.15) is 11.6 Å². The quantitative estimate of drug-likeness (QED) is 0.647. The van der Waals surface area contributed by atoms with Crippen LogP contribution in [0.2, 0.25) is 0 Å². The normalized spacial score (nSPS) is 10.5. The van der Waals surface area contributed by atoms with Crippen molar-refractivity contribution in [2.24, 2.45) is 0 Å². The maximum Gasteiger partial charge on any atom is 0.149 e. The van der Waals surface area contributed by atoms with Gasteiger partial charge in [0.2, 0.25) is 0 Å². The SMILES string of the molecule is CCNc1cncc(N(CCCOC)CCOC)n1. The first-order chi connectivity index (χ1) is 9.31. The summed E-state index contributed by atoms with van der Waals surface area (Å²) in [5.41, 5.74) is 0. The summed E-state index contributed by atoms with van der Waals surface area (Å²) in [5, 5.41) is 3.17. The van der Waals surface area contributed by atoms with Crippen LogP contribution < -0.4 is 10.2 Å². The van der Waals surface area contributed by atoms with Gasteiger partial charge in [0.15, 0.2) is 0 Å². The van der Waals surface area contributed by atoms with Gasteiger partial charge in [-0.15, -0.1) is 0 Å². The number of aromatic nitrogens is 2. The first-order valence-corrected chi connectivity index (χ1v) is 6.60. The number of rotatable bonds is 10. The van der Waals surface area contributed by atoms with Crippen molar-refractivity contribution >= 4 is 11.6 Å². The van der Waals surface area contributed by atoms with E-state index in [1.54, 1.807) is 26.6 Å². The van der Waals surface area contributed by atoms with E-state index in [0.29, 0.717) is 6.61 Å². The van der Waals surface area contributed by atoms with Crippen LogP contribution in [0.3, 0.4) is 0 Å². The second-order valence-electron chi connectivity index (χ2n) is 4.12. The lowest BCUT2D eigenvalue weighted by molar-refractivity contribution is 0.191. The monoisotopic (exact) mass is 268 g/mol. The van der Waals surface area contributed by atoms with Gasteiger partial charge in [-0.3, -0.25) is 4.98 Å². The lowest BCUT2D eigenvalue weighted by Gasteiger charge is -2.23. The van der Waals surface area contributed by atoms with Gasteiger partial charge < -0.3 is 19.7 Å². The zero-order valence-corrected chi connectivity index (χ0v) is 12.1. The molecule has 1 aromatic heterocycles. The number of hydrogen-bond donors (Lipinski definition) is 1. The van der Waals surface area contributed by atoms with Gasteiger partial charge in [-0.2, -0.15) is 0 Å². The molecule has 19 heavy (non-hydrogen) atoms. The summed E-state index contributed by atoms with van der Waals surface area (Å²) in [6, 6.07) is 0. The van der Waals surface area contributed by atoms with Crippen LogP contribution in [-0.2, 0) is 9.47 Å². The zero-order chi connectivity index (χ0) is 13.9. The first-order valence-electron chi connectivity index (χ1n) is 6.60. The van der Waals surface area contributed by atoms with Crippen molar-refractivity contribution in [3.05, 3.63) is 12.4 Å². The van der Waals surface area contributed by atoms with Gasteiger partial charge in [0.05, 0.1) is 19.0 Å². The molecule has 6 heteroatoms. The fraction of sp³-hybridized carbons (Fsp3) is 0.692. The molecule has 1 N–H and O–H groups in total. The summed E-state index contributed by atoms with van der Waals surface area (Å²) in [4.78, 5) is 10.9. The predicted molar refractivity (Wildman–Crippen MR) is 76.8 cm³/mol. The summed E-state index contributed by atoms with van der Waals surface area (Å²) in [6.45, 7) is 5.95. The minimum Gasteiger partial charge on any atom is -0.385 e. The summed E-state index contributed by atoms with van der Waals surface area (Å²) in [5.74, 6) is 1.67. The molecule has 0 saturated carbocycles. The fourth-order valence-electron chi connectivity index (χ4n) is 1.72. The van der Waals surface area contributed by atoms with E-state index in [2.05, 4.69) is 20.2 Å². The Kier molecular flexibility index (Phi) is 7.84. The van der Waals surface area contributed by atoms with Crippen molar-refractivity contribution in [3.63, 3.8) is 0 Å². The van der Waals surface area contributed by atoms with Crippen LogP contribution in [0.15, 0.2) is 12.4 Å². The highest BCUT2D eigenvalue weighted by Crippen LogP contribution is 2.12. The third kappa shape index (κ3) is 5.85. The summed E-state index contributed by atoms with van der Waals surface area (Å²) < 4.78 is 10.2. The molecule has 6 nitrogen and oxygen atoms in total. The van der Waals surface area contributed by atoms with Crippen LogP contribution in [-0.4, -0.2) is 57.0 Å². The molecule has 108 valence electrons. The molecule has 0 saturated heterocycles. The van der Waals surface area contributed by atoms with Crippen LogP contribution >= 0.6 is 0 Å². The zero-order valence-electron chi connectivity index (χ0n) is 12.1. The number of methoxy groups -OCH3 is 2. The lowest BCUT2D eigenvalue weighted by Crippen LogP contribution is -2.30. The second kappa shape index (κ2) is 9.52. The van der Waals surface area contributed by atoms with Crippen molar-refractivity contribution in [1.82, 2.24) is 9.97 Å². The minimum atomic E-state index is 0.667. The lowest BCUT2D eigenvalue weighted by atomic mass is 10.4. The molecule has 0 spiro atoms. The molecule has 0 unspecified atom stereocenters. The van der Waals surface area contributed by atoms with Crippen LogP contribution in [0.25, 0.3) is 0 Å². The third-order valence-corrected chi connectivity index (χ3v) is 2.65. The Morgan fingerprint density at radius 2 is 1.95 bits per heavy atom. The van der Waals surface area contributed by atoms with E-state index in [1.165, 1.54) is 0 Å². The van der Waals surface area contributed by atoms with Gasteiger partial charge in [0, 0.05) is 40.5 Å². The Labute approximate surface area is 115 Å². The summed E-state index contributed by atoms with van der Waals surface area (Å²) in [6.07, 6.45) is 4.47. The van der Waals surface area contributed by atoms with E-state index in [9.17, 15) is 0 Å². The fourth-order valence-corrected chi connectivity index (χ4v) is 1.72. The van der Waals surface area contributed by atoms with Gasteiger partial charge >= 0.3 is 0 Å². The van der Waals surface area contributed by atoms with E-state index in [4.69, 9.17) is 9.47 Å². The van der Waals surface area contributed by atoms with Crippen LogP contribution in [0.1, 0.15) is 13.3 Å². The molecular formula is C13H24N4O2. The molecule has 0 aromatic carbocycles. The number of nitrogens with zero attached hydrogens (tertiary/aromatic N) is 3. The highest BCUT2D eigenvalue weighted by atomic mass is 16.5. The molecule has 0 bridgehead atoms. The Hall–Kier alpha value is -1.40. The maximum atomic E-state index is 5.14.